The first-order chi connectivity index (χ1) is 10.9. The molecule has 0 aliphatic rings. The largest absolute Gasteiger partial charge is 0.360 e. The Labute approximate surface area is 134 Å². The number of likely N-dealkylation sites (N-methyl/N-ethyl adjacent to an activating group) is 1. The van der Waals surface area contributed by atoms with E-state index in [0.717, 1.165) is 16.8 Å². The van der Waals surface area contributed by atoms with Crippen LogP contribution in [0.2, 0.25) is 0 Å². The standard InChI is InChI=1S/C17H19N3O3/c1-12-8-9-13(2)14(10-12)18-17(21)11-19(3)15-6-4-5-7-16(15)20(22)23/h4-10H,11H2,1-3H3,(H,18,21). The van der Waals surface area contributed by atoms with E-state index >= 15 is 0 Å². The maximum absolute atomic E-state index is 12.2. The van der Waals surface area contributed by atoms with Crippen LogP contribution in [0.25, 0.3) is 0 Å². The zero-order valence-corrected chi connectivity index (χ0v) is 13.4. The number of para-hydroxylation sites is 2. The zero-order chi connectivity index (χ0) is 17.0. The quantitative estimate of drug-likeness (QED) is 0.679. The van der Waals surface area contributed by atoms with Crippen molar-refractivity contribution >= 4 is 23.0 Å². The maximum Gasteiger partial charge on any atom is 0.292 e. The monoisotopic (exact) mass is 313 g/mol. The minimum absolute atomic E-state index is 0.0189. The first kappa shape index (κ1) is 16.5. The van der Waals surface area contributed by atoms with Gasteiger partial charge in [0.15, 0.2) is 0 Å². The summed E-state index contributed by atoms with van der Waals surface area (Å²) in [6, 6.07) is 12.2. The number of aryl methyl sites for hydroxylation is 2. The third kappa shape index (κ3) is 4.06. The number of amides is 1. The number of carbonyl (C=O) groups excluding carboxylic acids is 1. The number of benzene rings is 2. The highest BCUT2D eigenvalue weighted by molar-refractivity contribution is 5.95. The van der Waals surface area contributed by atoms with Crippen LogP contribution >= 0.6 is 0 Å². The van der Waals surface area contributed by atoms with Crippen LogP contribution in [0.3, 0.4) is 0 Å². The van der Waals surface area contributed by atoms with Gasteiger partial charge < -0.3 is 10.2 Å². The predicted octanol–water partition coefficient (Wildman–Crippen LogP) is 3.29. The molecular weight excluding hydrogens is 294 g/mol. The molecule has 0 aliphatic heterocycles. The van der Waals surface area contributed by atoms with Crippen molar-refractivity contribution in [2.24, 2.45) is 0 Å². The van der Waals surface area contributed by atoms with Crippen molar-refractivity contribution in [1.29, 1.82) is 0 Å². The van der Waals surface area contributed by atoms with Gasteiger partial charge in [-0.05, 0) is 37.1 Å². The zero-order valence-electron chi connectivity index (χ0n) is 13.4. The van der Waals surface area contributed by atoms with Crippen LogP contribution < -0.4 is 10.2 Å². The lowest BCUT2D eigenvalue weighted by molar-refractivity contribution is -0.384. The summed E-state index contributed by atoms with van der Waals surface area (Å²) < 4.78 is 0. The molecule has 0 bridgehead atoms. The van der Waals surface area contributed by atoms with Crippen molar-refractivity contribution in [3.8, 4) is 0 Å². The molecule has 2 aromatic carbocycles. The molecule has 0 radical (unpaired) electrons. The minimum Gasteiger partial charge on any atom is -0.360 e. The lowest BCUT2D eigenvalue weighted by Crippen LogP contribution is -2.30. The van der Waals surface area contributed by atoms with Gasteiger partial charge in [0.25, 0.3) is 5.69 Å². The van der Waals surface area contributed by atoms with E-state index < -0.39 is 4.92 Å². The number of nitro groups is 1. The number of nitro benzene ring substituents is 1. The summed E-state index contributed by atoms with van der Waals surface area (Å²) in [5.41, 5.74) is 3.17. The summed E-state index contributed by atoms with van der Waals surface area (Å²) in [5.74, 6) is -0.223. The minimum atomic E-state index is -0.450. The molecule has 1 N–H and O–H groups in total. The van der Waals surface area contributed by atoms with E-state index in [4.69, 9.17) is 0 Å². The summed E-state index contributed by atoms with van der Waals surface area (Å²) in [7, 11) is 1.66. The van der Waals surface area contributed by atoms with Crippen LogP contribution in [0.1, 0.15) is 11.1 Å². The summed E-state index contributed by atoms with van der Waals surface area (Å²) in [5, 5.41) is 13.9. The highest BCUT2D eigenvalue weighted by Crippen LogP contribution is 2.26. The highest BCUT2D eigenvalue weighted by atomic mass is 16.6. The Morgan fingerprint density at radius 3 is 2.61 bits per heavy atom. The first-order valence-electron chi connectivity index (χ1n) is 7.20. The first-order valence-corrected chi connectivity index (χ1v) is 7.20. The van der Waals surface area contributed by atoms with Crippen LogP contribution in [0.15, 0.2) is 42.5 Å². The third-order valence-corrected chi connectivity index (χ3v) is 3.54. The molecule has 0 saturated heterocycles. The SMILES string of the molecule is Cc1ccc(C)c(NC(=O)CN(C)c2ccccc2[N+](=O)[O-])c1. The molecule has 0 saturated carbocycles. The van der Waals surface area contributed by atoms with Gasteiger partial charge in [-0.2, -0.15) is 0 Å². The van der Waals surface area contributed by atoms with Gasteiger partial charge in [0.2, 0.25) is 5.91 Å². The molecule has 0 aromatic heterocycles. The van der Waals surface area contributed by atoms with Crippen LogP contribution in [0, 0.1) is 24.0 Å². The van der Waals surface area contributed by atoms with E-state index in [1.165, 1.54) is 6.07 Å². The Morgan fingerprint density at radius 1 is 1.22 bits per heavy atom. The molecular formula is C17H19N3O3. The molecule has 2 aromatic rings. The number of anilines is 2. The molecule has 6 nitrogen and oxygen atoms in total. The number of nitrogens with one attached hydrogen (secondary N) is 1. The van der Waals surface area contributed by atoms with Crippen molar-refractivity contribution in [1.82, 2.24) is 0 Å². The Morgan fingerprint density at radius 2 is 1.91 bits per heavy atom. The summed E-state index contributed by atoms with van der Waals surface area (Å²) in [6.45, 7) is 3.90. The second-order valence-electron chi connectivity index (χ2n) is 5.47. The second-order valence-corrected chi connectivity index (χ2v) is 5.47. The van der Waals surface area contributed by atoms with Crippen LogP contribution in [-0.2, 0) is 4.79 Å². The Hall–Kier alpha value is -2.89. The van der Waals surface area contributed by atoms with Crippen molar-refractivity contribution in [2.75, 3.05) is 23.8 Å². The summed E-state index contributed by atoms with van der Waals surface area (Å²) in [4.78, 5) is 24.4. The van der Waals surface area contributed by atoms with Gasteiger partial charge in [-0.3, -0.25) is 14.9 Å². The molecule has 0 fully saturated rings. The molecule has 0 atom stereocenters. The van der Waals surface area contributed by atoms with E-state index in [2.05, 4.69) is 5.32 Å². The molecule has 0 unspecified atom stereocenters. The molecule has 2 rings (SSSR count). The lowest BCUT2D eigenvalue weighted by Gasteiger charge is -2.19. The molecule has 0 aliphatic carbocycles. The fraction of sp³-hybridized carbons (Fsp3) is 0.235. The molecule has 1 amide bonds. The van der Waals surface area contributed by atoms with Crippen LogP contribution in [0.5, 0.6) is 0 Å². The van der Waals surface area contributed by atoms with Gasteiger partial charge in [-0.15, -0.1) is 0 Å². The molecule has 0 spiro atoms. The predicted molar refractivity (Wildman–Crippen MR) is 90.9 cm³/mol. The topological polar surface area (TPSA) is 75.5 Å². The Kier molecular flexibility index (Phi) is 4.95. The lowest BCUT2D eigenvalue weighted by atomic mass is 10.1. The van der Waals surface area contributed by atoms with Gasteiger partial charge >= 0.3 is 0 Å². The van der Waals surface area contributed by atoms with Crippen molar-refractivity contribution in [3.05, 3.63) is 63.7 Å². The smallest absolute Gasteiger partial charge is 0.292 e. The van der Waals surface area contributed by atoms with Gasteiger partial charge in [-0.25, -0.2) is 0 Å². The normalized spacial score (nSPS) is 10.2. The van der Waals surface area contributed by atoms with Gasteiger partial charge in [0.05, 0.1) is 11.5 Å². The number of rotatable bonds is 5. The Bertz CT molecular complexity index is 744. The van der Waals surface area contributed by atoms with E-state index in [0.29, 0.717) is 5.69 Å². The number of carbonyl (C=O) groups is 1. The highest BCUT2D eigenvalue weighted by Gasteiger charge is 2.18. The summed E-state index contributed by atoms with van der Waals surface area (Å²) in [6.07, 6.45) is 0. The third-order valence-electron chi connectivity index (χ3n) is 3.54. The second kappa shape index (κ2) is 6.91. The van der Waals surface area contributed by atoms with Crippen molar-refractivity contribution < 1.29 is 9.72 Å². The molecule has 23 heavy (non-hydrogen) atoms. The van der Waals surface area contributed by atoms with Gasteiger partial charge in [0, 0.05) is 18.8 Å². The average Bonchev–Trinajstić information content (AvgIpc) is 2.50. The average molecular weight is 313 g/mol. The molecule has 0 heterocycles. The van der Waals surface area contributed by atoms with E-state index in [9.17, 15) is 14.9 Å². The van der Waals surface area contributed by atoms with E-state index in [1.54, 1.807) is 30.1 Å². The van der Waals surface area contributed by atoms with Crippen LogP contribution in [-0.4, -0.2) is 24.4 Å². The number of nitrogens with zero attached hydrogens (tertiary/aromatic N) is 2. The van der Waals surface area contributed by atoms with Crippen LogP contribution in [0.4, 0.5) is 17.1 Å². The van der Waals surface area contributed by atoms with Crippen molar-refractivity contribution in [3.63, 3.8) is 0 Å². The van der Waals surface area contributed by atoms with Gasteiger partial charge in [-0.1, -0.05) is 24.3 Å². The van der Waals surface area contributed by atoms with Gasteiger partial charge in [0.1, 0.15) is 5.69 Å². The number of hydrogen-bond acceptors (Lipinski definition) is 4. The van der Waals surface area contributed by atoms with Crippen molar-refractivity contribution in [2.45, 2.75) is 13.8 Å². The fourth-order valence-corrected chi connectivity index (χ4v) is 2.30. The molecule has 6 heteroatoms. The number of hydrogen-bond donors (Lipinski definition) is 1. The fourth-order valence-electron chi connectivity index (χ4n) is 2.30. The Balaban J connectivity index is 2.11. The summed E-state index contributed by atoms with van der Waals surface area (Å²) >= 11 is 0. The molecule has 120 valence electrons. The van der Waals surface area contributed by atoms with E-state index in [1.807, 2.05) is 32.0 Å². The van der Waals surface area contributed by atoms with E-state index in [-0.39, 0.29) is 18.1 Å². The maximum atomic E-state index is 12.2.